The van der Waals surface area contributed by atoms with Gasteiger partial charge < -0.3 is 15.4 Å². The summed E-state index contributed by atoms with van der Waals surface area (Å²) in [6, 6.07) is 3.93. The Balaban J connectivity index is 2.56. The lowest BCUT2D eigenvalue weighted by molar-refractivity contribution is -0.140. The minimum absolute atomic E-state index is 0.00453. The Morgan fingerprint density at radius 3 is 2.68 bits per heavy atom. The molecular formula is C13H17FN2O3. The molecule has 0 radical (unpaired) electrons. The maximum absolute atomic E-state index is 13.2. The molecule has 5 nitrogen and oxygen atoms in total. The second kappa shape index (κ2) is 6.72. The van der Waals surface area contributed by atoms with Gasteiger partial charge in [-0.25, -0.2) is 4.39 Å². The van der Waals surface area contributed by atoms with Gasteiger partial charge in [-0.05, 0) is 24.6 Å². The number of halogens is 1. The zero-order valence-corrected chi connectivity index (χ0v) is 11.0. The topological polar surface area (TPSA) is 72.6 Å². The molecule has 0 fully saturated rings. The molecule has 0 aliphatic heterocycles. The lowest BCUT2D eigenvalue weighted by atomic mass is 10.1. The first kappa shape index (κ1) is 14.9. The number of carbonyl (C=O) groups is 2. The van der Waals surface area contributed by atoms with E-state index >= 15 is 0 Å². The smallest absolute Gasteiger partial charge is 0.305 e. The van der Waals surface area contributed by atoms with Crippen LogP contribution in [0.1, 0.15) is 23.2 Å². The van der Waals surface area contributed by atoms with Gasteiger partial charge in [0.25, 0.3) is 5.91 Å². The van der Waals surface area contributed by atoms with Crippen LogP contribution >= 0.6 is 0 Å². The van der Waals surface area contributed by atoms with Crippen molar-refractivity contribution in [1.82, 2.24) is 4.90 Å². The average Bonchev–Trinajstić information content (AvgIpc) is 2.40. The van der Waals surface area contributed by atoms with Crippen molar-refractivity contribution in [1.29, 1.82) is 0 Å². The molecule has 0 aliphatic rings. The van der Waals surface area contributed by atoms with Crippen molar-refractivity contribution in [3.8, 4) is 0 Å². The first-order chi connectivity index (χ1) is 8.95. The summed E-state index contributed by atoms with van der Waals surface area (Å²) in [4.78, 5) is 24.3. The third-order valence-corrected chi connectivity index (χ3v) is 2.70. The quantitative estimate of drug-likeness (QED) is 0.647. The molecule has 0 aromatic heterocycles. The maximum Gasteiger partial charge on any atom is 0.305 e. The number of carbonyl (C=O) groups excluding carboxylic acids is 2. The van der Waals surface area contributed by atoms with Crippen molar-refractivity contribution in [2.75, 3.05) is 26.4 Å². The van der Waals surface area contributed by atoms with Gasteiger partial charge in [-0.2, -0.15) is 0 Å². The first-order valence-electron chi connectivity index (χ1n) is 5.83. The number of hydrogen-bond acceptors (Lipinski definition) is 4. The van der Waals surface area contributed by atoms with Crippen molar-refractivity contribution in [2.24, 2.45) is 0 Å². The van der Waals surface area contributed by atoms with E-state index in [1.165, 1.54) is 24.1 Å². The maximum atomic E-state index is 13.2. The molecule has 104 valence electrons. The largest absolute Gasteiger partial charge is 0.469 e. The molecule has 1 amide bonds. The molecule has 0 spiro atoms. The van der Waals surface area contributed by atoms with E-state index < -0.39 is 5.82 Å². The van der Waals surface area contributed by atoms with Crippen LogP contribution in [0.5, 0.6) is 0 Å². The van der Waals surface area contributed by atoms with Crippen LogP contribution in [0.25, 0.3) is 0 Å². The van der Waals surface area contributed by atoms with Gasteiger partial charge in [0.15, 0.2) is 0 Å². The Hall–Kier alpha value is -2.11. The third-order valence-electron chi connectivity index (χ3n) is 2.70. The lowest BCUT2D eigenvalue weighted by Gasteiger charge is -2.17. The Kier molecular flexibility index (Phi) is 5.29. The van der Waals surface area contributed by atoms with E-state index in [0.717, 1.165) is 6.07 Å². The lowest BCUT2D eigenvalue weighted by Crippen LogP contribution is -2.28. The molecule has 1 aromatic carbocycles. The number of ether oxygens (including phenoxy) is 1. The Morgan fingerprint density at radius 2 is 2.11 bits per heavy atom. The van der Waals surface area contributed by atoms with E-state index in [0.29, 0.717) is 13.0 Å². The molecule has 0 unspecified atom stereocenters. The number of hydrogen-bond donors (Lipinski definition) is 1. The number of esters is 1. The fourth-order valence-electron chi connectivity index (χ4n) is 1.54. The van der Waals surface area contributed by atoms with Gasteiger partial charge in [0.2, 0.25) is 0 Å². The highest BCUT2D eigenvalue weighted by Gasteiger charge is 2.13. The normalized spacial score (nSPS) is 10.1. The highest BCUT2D eigenvalue weighted by molar-refractivity contribution is 5.94. The molecule has 0 atom stereocenters. The summed E-state index contributed by atoms with van der Waals surface area (Å²) in [6.07, 6.45) is 0.733. The van der Waals surface area contributed by atoms with Gasteiger partial charge in [0, 0.05) is 25.6 Å². The fraction of sp³-hybridized carbons (Fsp3) is 0.385. The van der Waals surface area contributed by atoms with Crippen molar-refractivity contribution in [3.05, 3.63) is 29.6 Å². The fourth-order valence-corrected chi connectivity index (χ4v) is 1.54. The number of nitrogens with zero attached hydrogens (tertiary/aromatic N) is 1. The van der Waals surface area contributed by atoms with Crippen LogP contribution in [0.2, 0.25) is 0 Å². The van der Waals surface area contributed by atoms with Crippen molar-refractivity contribution >= 4 is 17.6 Å². The van der Waals surface area contributed by atoms with E-state index in [9.17, 15) is 14.0 Å². The number of methoxy groups -OCH3 is 1. The van der Waals surface area contributed by atoms with Gasteiger partial charge in [-0.15, -0.1) is 0 Å². The predicted octanol–water partition coefficient (Wildman–Crippen LogP) is 1.43. The molecule has 0 saturated heterocycles. The van der Waals surface area contributed by atoms with Gasteiger partial charge in [-0.3, -0.25) is 9.59 Å². The molecule has 6 heteroatoms. The molecule has 1 rings (SSSR count). The highest BCUT2D eigenvalue weighted by atomic mass is 19.1. The summed E-state index contributed by atoms with van der Waals surface area (Å²) >= 11 is 0. The number of nitrogens with two attached hydrogens (primary N) is 1. The van der Waals surface area contributed by atoms with Gasteiger partial charge in [0.1, 0.15) is 5.82 Å². The summed E-state index contributed by atoms with van der Waals surface area (Å²) in [5.74, 6) is -1.25. The number of rotatable bonds is 5. The van der Waals surface area contributed by atoms with Crippen LogP contribution < -0.4 is 5.73 Å². The Morgan fingerprint density at radius 1 is 1.42 bits per heavy atom. The number of amides is 1. The van der Waals surface area contributed by atoms with Crippen molar-refractivity contribution < 1.29 is 18.7 Å². The molecule has 0 aliphatic carbocycles. The minimum atomic E-state index is -0.617. The highest BCUT2D eigenvalue weighted by Crippen LogP contribution is 2.13. The molecule has 0 heterocycles. The van der Waals surface area contributed by atoms with E-state index in [1.807, 2.05) is 0 Å². The Bertz CT molecular complexity index is 477. The van der Waals surface area contributed by atoms with Crippen LogP contribution in [0.15, 0.2) is 18.2 Å². The zero-order chi connectivity index (χ0) is 14.4. The SMILES string of the molecule is COC(=O)CCCN(C)C(=O)c1ccc(N)c(F)c1. The van der Waals surface area contributed by atoms with Crippen molar-refractivity contribution in [2.45, 2.75) is 12.8 Å². The predicted molar refractivity (Wildman–Crippen MR) is 69.0 cm³/mol. The number of benzene rings is 1. The van der Waals surface area contributed by atoms with Crippen LogP contribution in [0.4, 0.5) is 10.1 Å². The molecule has 0 saturated carbocycles. The second-order valence-electron chi connectivity index (χ2n) is 4.14. The monoisotopic (exact) mass is 268 g/mol. The van der Waals surface area contributed by atoms with Gasteiger partial charge >= 0.3 is 5.97 Å². The summed E-state index contributed by atoms with van der Waals surface area (Å²) in [7, 11) is 2.90. The second-order valence-corrected chi connectivity index (χ2v) is 4.14. The molecule has 0 bridgehead atoms. The third kappa shape index (κ3) is 4.24. The van der Waals surface area contributed by atoms with E-state index in [-0.39, 0.29) is 29.5 Å². The molecule has 1 aromatic rings. The van der Waals surface area contributed by atoms with Gasteiger partial charge in [0.05, 0.1) is 12.8 Å². The standard InChI is InChI=1S/C13H17FN2O3/c1-16(7-3-4-12(17)19-2)13(18)9-5-6-11(15)10(14)8-9/h5-6,8H,3-4,7,15H2,1-2H3. The van der Waals surface area contributed by atoms with E-state index in [4.69, 9.17) is 5.73 Å². The van der Waals surface area contributed by atoms with E-state index in [2.05, 4.69) is 4.74 Å². The molecule has 19 heavy (non-hydrogen) atoms. The minimum Gasteiger partial charge on any atom is -0.469 e. The van der Waals surface area contributed by atoms with Crippen molar-refractivity contribution in [3.63, 3.8) is 0 Å². The summed E-state index contributed by atoms with van der Waals surface area (Å²) in [5.41, 5.74) is 5.58. The van der Waals surface area contributed by atoms with Crippen LogP contribution in [0, 0.1) is 5.82 Å². The van der Waals surface area contributed by atoms with Crippen LogP contribution in [-0.4, -0.2) is 37.5 Å². The van der Waals surface area contributed by atoms with Gasteiger partial charge in [-0.1, -0.05) is 0 Å². The van der Waals surface area contributed by atoms with Crippen LogP contribution in [0.3, 0.4) is 0 Å². The number of nitrogen functional groups attached to an aromatic ring is 1. The summed E-state index contributed by atoms with van der Waals surface area (Å²) in [6.45, 7) is 0.389. The van der Waals surface area contributed by atoms with E-state index in [1.54, 1.807) is 7.05 Å². The number of anilines is 1. The summed E-state index contributed by atoms with van der Waals surface area (Å²) in [5, 5.41) is 0. The molecular weight excluding hydrogens is 251 g/mol. The Labute approximate surface area is 111 Å². The first-order valence-corrected chi connectivity index (χ1v) is 5.83. The average molecular weight is 268 g/mol. The van der Waals surface area contributed by atoms with Crippen LogP contribution in [-0.2, 0) is 9.53 Å². The summed E-state index contributed by atoms with van der Waals surface area (Å²) < 4.78 is 17.7. The zero-order valence-electron chi connectivity index (χ0n) is 11.0. The molecule has 2 N–H and O–H groups in total.